The van der Waals surface area contributed by atoms with Gasteiger partial charge in [0.25, 0.3) is 0 Å². The molecule has 2 aromatic carbocycles. The fourth-order valence-electron chi connectivity index (χ4n) is 2.03. The third-order valence-corrected chi connectivity index (χ3v) is 3.51. The van der Waals surface area contributed by atoms with Crippen LogP contribution in [0.15, 0.2) is 64.1 Å². The van der Waals surface area contributed by atoms with Crippen LogP contribution in [0.5, 0.6) is 0 Å². The number of amidine groups is 1. The summed E-state index contributed by atoms with van der Waals surface area (Å²) in [5.41, 5.74) is 1.81. The van der Waals surface area contributed by atoms with E-state index in [9.17, 15) is 4.79 Å². The highest BCUT2D eigenvalue weighted by molar-refractivity contribution is 9.10. The number of hydrogen-bond donors (Lipinski definition) is 1. The van der Waals surface area contributed by atoms with E-state index in [0.29, 0.717) is 11.4 Å². The Morgan fingerprint density at radius 2 is 1.65 bits per heavy atom. The quantitative estimate of drug-likeness (QED) is 0.894. The Kier molecular flexibility index (Phi) is 3.20. The zero-order valence-electron chi connectivity index (χ0n) is 10.4. The second kappa shape index (κ2) is 5.02. The van der Waals surface area contributed by atoms with Gasteiger partial charge in [0.15, 0.2) is 5.84 Å². The van der Waals surface area contributed by atoms with Crippen LogP contribution in [0.3, 0.4) is 0 Å². The van der Waals surface area contributed by atoms with E-state index in [2.05, 4.69) is 20.9 Å². The number of halogens is 1. The van der Waals surface area contributed by atoms with Gasteiger partial charge < -0.3 is 0 Å². The van der Waals surface area contributed by atoms with Crippen molar-refractivity contribution in [3.05, 3.63) is 64.6 Å². The summed E-state index contributed by atoms with van der Waals surface area (Å²) in [6, 6.07) is 16.1. The molecule has 0 unspecified atom stereocenters. The van der Waals surface area contributed by atoms with Gasteiger partial charge >= 0.3 is 6.03 Å². The van der Waals surface area contributed by atoms with E-state index in [-0.39, 0.29) is 5.84 Å². The lowest BCUT2D eigenvalue weighted by Gasteiger charge is -2.15. The van der Waals surface area contributed by atoms with Crippen LogP contribution in [-0.2, 0) is 0 Å². The van der Waals surface area contributed by atoms with E-state index in [1.165, 1.54) is 4.90 Å². The normalized spacial score (nSPS) is 14.7. The maximum atomic E-state index is 12.0. The molecule has 0 saturated carbocycles. The van der Waals surface area contributed by atoms with Crippen molar-refractivity contribution in [2.24, 2.45) is 4.99 Å². The number of anilines is 1. The number of nitrogens with one attached hydrogen (secondary N) is 1. The Hall–Kier alpha value is -2.27. The van der Waals surface area contributed by atoms with Crippen molar-refractivity contribution >= 4 is 39.2 Å². The predicted molar refractivity (Wildman–Crippen MR) is 82.7 cm³/mol. The zero-order chi connectivity index (χ0) is 14.1. The number of aliphatic imine (C=N–C) groups is 1. The fraction of sp³-hybridized carbons (Fsp3) is 0. The molecule has 0 aliphatic carbocycles. The zero-order valence-corrected chi connectivity index (χ0v) is 12.0. The molecule has 0 aromatic heterocycles. The molecule has 0 atom stereocenters. The average molecular weight is 328 g/mol. The monoisotopic (exact) mass is 327 g/mol. The van der Waals surface area contributed by atoms with E-state index < -0.39 is 6.03 Å². The largest absolute Gasteiger partial charge is 0.354 e. The Labute approximate surface area is 124 Å². The Bertz CT molecular complexity index is 708. The van der Waals surface area contributed by atoms with Crippen molar-refractivity contribution in [3.63, 3.8) is 0 Å². The van der Waals surface area contributed by atoms with Gasteiger partial charge in [0, 0.05) is 10.0 Å². The summed E-state index contributed by atoms with van der Waals surface area (Å²) in [4.78, 5) is 17.3. The first kappa shape index (κ1) is 12.7. The summed E-state index contributed by atoms with van der Waals surface area (Å²) in [6.45, 7) is 0. The number of carbonyl (C=O) groups is 1. The van der Waals surface area contributed by atoms with Gasteiger partial charge in [-0.3, -0.25) is 5.41 Å². The van der Waals surface area contributed by atoms with Crippen LogP contribution in [-0.4, -0.2) is 17.6 Å². The topological polar surface area (TPSA) is 56.5 Å². The molecule has 20 heavy (non-hydrogen) atoms. The van der Waals surface area contributed by atoms with Crippen LogP contribution in [0.25, 0.3) is 0 Å². The van der Waals surface area contributed by atoms with Crippen LogP contribution < -0.4 is 4.90 Å². The van der Waals surface area contributed by atoms with Crippen LogP contribution in [0, 0.1) is 5.41 Å². The Morgan fingerprint density at radius 1 is 1.00 bits per heavy atom. The van der Waals surface area contributed by atoms with Gasteiger partial charge in [0.1, 0.15) is 5.71 Å². The molecule has 1 aliphatic heterocycles. The highest BCUT2D eigenvalue weighted by atomic mass is 79.9. The molecule has 1 heterocycles. The summed E-state index contributed by atoms with van der Waals surface area (Å²) in [6.07, 6.45) is 0. The maximum absolute atomic E-state index is 12.0. The smallest absolute Gasteiger partial charge is 0.282 e. The van der Waals surface area contributed by atoms with Gasteiger partial charge in [0.05, 0.1) is 5.69 Å². The van der Waals surface area contributed by atoms with Gasteiger partial charge in [-0.15, -0.1) is 0 Å². The lowest BCUT2D eigenvalue weighted by atomic mass is 10.1. The predicted octanol–water partition coefficient (Wildman–Crippen LogP) is 3.86. The molecular formula is C15H10BrN3O. The lowest BCUT2D eigenvalue weighted by molar-refractivity contribution is 0.257. The molecule has 98 valence electrons. The maximum Gasteiger partial charge on any atom is 0.354 e. The first-order valence-corrected chi connectivity index (χ1v) is 6.79. The molecule has 0 bridgehead atoms. The molecule has 5 heteroatoms. The van der Waals surface area contributed by atoms with Gasteiger partial charge in [-0.1, -0.05) is 46.3 Å². The molecule has 1 N–H and O–H groups in total. The molecule has 0 saturated heterocycles. The van der Waals surface area contributed by atoms with Crippen LogP contribution in [0.1, 0.15) is 5.56 Å². The minimum atomic E-state index is -0.434. The number of carbonyl (C=O) groups excluding carboxylic acids is 1. The number of urea groups is 1. The molecule has 0 radical (unpaired) electrons. The number of hydrogen-bond acceptors (Lipinski definition) is 2. The van der Waals surface area contributed by atoms with E-state index in [1.54, 1.807) is 12.1 Å². The van der Waals surface area contributed by atoms with Crippen LogP contribution in [0.2, 0.25) is 0 Å². The number of amides is 2. The van der Waals surface area contributed by atoms with Crippen molar-refractivity contribution < 1.29 is 4.79 Å². The number of nitrogens with zero attached hydrogens (tertiary/aromatic N) is 2. The van der Waals surface area contributed by atoms with Crippen LogP contribution in [0.4, 0.5) is 10.5 Å². The molecule has 3 rings (SSSR count). The first-order valence-electron chi connectivity index (χ1n) is 5.99. The van der Waals surface area contributed by atoms with Crippen molar-refractivity contribution in [1.82, 2.24) is 0 Å². The second-order valence-electron chi connectivity index (χ2n) is 4.27. The summed E-state index contributed by atoms with van der Waals surface area (Å²) in [5.74, 6) is 0.100. The first-order chi connectivity index (χ1) is 9.66. The third-order valence-electron chi connectivity index (χ3n) is 2.98. The molecule has 0 spiro atoms. The molecular weight excluding hydrogens is 318 g/mol. The summed E-state index contributed by atoms with van der Waals surface area (Å²) >= 11 is 3.35. The molecule has 0 fully saturated rings. The Morgan fingerprint density at radius 3 is 2.30 bits per heavy atom. The highest BCUT2D eigenvalue weighted by Crippen LogP contribution is 2.24. The van der Waals surface area contributed by atoms with Gasteiger partial charge in [-0.25, -0.2) is 9.69 Å². The fourth-order valence-corrected chi connectivity index (χ4v) is 2.29. The number of benzene rings is 2. The van der Waals surface area contributed by atoms with Crippen molar-refractivity contribution in [2.45, 2.75) is 0 Å². The summed E-state index contributed by atoms with van der Waals surface area (Å²) in [7, 11) is 0. The molecule has 2 aromatic rings. The van der Waals surface area contributed by atoms with Crippen molar-refractivity contribution in [3.8, 4) is 0 Å². The van der Waals surface area contributed by atoms with Gasteiger partial charge in [-0.05, 0) is 24.3 Å². The third kappa shape index (κ3) is 2.16. The highest BCUT2D eigenvalue weighted by Gasteiger charge is 2.31. The lowest BCUT2D eigenvalue weighted by Crippen LogP contribution is -2.32. The van der Waals surface area contributed by atoms with E-state index >= 15 is 0 Å². The van der Waals surface area contributed by atoms with Crippen molar-refractivity contribution in [1.29, 1.82) is 5.41 Å². The second-order valence-corrected chi connectivity index (χ2v) is 5.19. The molecule has 4 nitrogen and oxygen atoms in total. The minimum absolute atomic E-state index is 0.100. The molecule has 2 amide bonds. The van der Waals surface area contributed by atoms with Crippen molar-refractivity contribution in [2.75, 3.05) is 4.90 Å². The SMILES string of the molecule is N=C1C(c2ccccc2)=NC(=O)N1c1ccc(Br)cc1. The average Bonchev–Trinajstić information content (AvgIpc) is 2.76. The summed E-state index contributed by atoms with van der Waals surface area (Å²) in [5, 5.41) is 8.18. The standard InChI is InChI=1S/C15H10BrN3O/c16-11-6-8-12(9-7-11)19-14(17)13(18-15(19)20)10-4-2-1-3-5-10/h1-9,17H. The van der Waals surface area contributed by atoms with E-state index in [1.807, 2.05) is 42.5 Å². The molecule has 1 aliphatic rings. The van der Waals surface area contributed by atoms with Gasteiger partial charge in [-0.2, -0.15) is 4.99 Å². The van der Waals surface area contributed by atoms with E-state index in [0.717, 1.165) is 10.0 Å². The number of rotatable bonds is 2. The van der Waals surface area contributed by atoms with E-state index in [4.69, 9.17) is 5.41 Å². The minimum Gasteiger partial charge on any atom is -0.282 e. The van der Waals surface area contributed by atoms with Gasteiger partial charge in [0.2, 0.25) is 0 Å². The Balaban J connectivity index is 1.97. The summed E-state index contributed by atoms with van der Waals surface area (Å²) < 4.78 is 0.920. The van der Waals surface area contributed by atoms with Crippen LogP contribution >= 0.6 is 15.9 Å².